The number of amides is 1. The Morgan fingerprint density at radius 1 is 0.862 bits per heavy atom. The molecule has 0 aromatic heterocycles. The molecule has 29 heavy (non-hydrogen) atoms. The molecule has 3 atom stereocenters. The minimum Gasteiger partial charge on any atom is -0.481 e. The van der Waals surface area contributed by atoms with Crippen LogP contribution in [0.2, 0.25) is 0 Å². The topological polar surface area (TPSA) is 92.7 Å². The maximum absolute atomic E-state index is 12.2. The van der Waals surface area contributed by atoms with Crippen LogP contribution in [0, 0.1) is 17.8 Å². The maximum Gasteiger partial charge on any atom is 0.309 e. The van der Waals surface area contributed by atoms with Crippen LogP contribution in [0.3, 0.4) is 0 Å². The normalized spacial score (nSPS) is 14.9. The largest absolute Gasteiger partial charge is 0.481 e. The Balaban J connectivity index is 4.49. The second-order valence-corrected chi connectivity index (χ2v) is 9.30. The van der Waals surface area contributed by atoms with Crippen molar-refractivity contribution in [2.45, 2.75) is 111 Å². The molecule has 0 aliphatic heterocycles. The zero-order valence-corrected chi connectivity index (χ0v) is 19.5. The van der Waals surface area contributed by atoms with E-state index in [1.807, 2.05) is 48.5 Å². The van der Waals surface area contributed by atoms with E-state index >= 15 is 0 Å². The van der Waals surface area contributed by atoms with E-state index in [1.54, 1.807) is 0 Å². The number of hydrogen-bond donors (Lipinski definition) is 2. The summed E-state index contributed by atoms with van der Waals surface area (Å²) in [5.41, 5.74) is -0.508. The summed E-state index contributed by atoms with van der Waals surface area (Å²) in [7, 11) is 0. The minimum atomic E-state index is -0.796. The Labute approximate surface area is 177 Å². The SMILES string of the molecule is CCC(CCCC(CCCC(CC)C(=O)OC(C)(C)C)C(=O)O)C(=O)NC(C)C. The molecule has 6 nitrogen and oxygen atoms in total. The Kier molecular flexibility index (Phi) is 12.9. The van der Waals surface area contributed by atoms with Gasteiger partial charge < -0.3 is 15.2 Å². The lowest BCUT2D eigenvalue weighted by atomic mass is 9.90. The van der Waals surface area contributed by atoms with Crippen LogP contribution < -0.4 is 5.32 Å². The van der Waals surface area contributed by atoms with E-state index in [2.05, 4.69) is 5.32 Å². The van der Waals surface area contributed by atoms with Gasteiger partial charge in [-0.25, -0.2) is 0 Å². The third-order valence-corrected chi connectivity index (χ3v) is 5.09. The van der Waals surface area contributed by atoms with E-state index in [1.165, 1.54) is 0 Å². The number of carbonyl (C=O) groups excluding carboxylic acids is 2. The van der Waals surface area contributed by atoms with Crippen LogP contribution in [0.4, 0.5) is 0 Å². The number of carbonyl (C=O) groups is 3. The molecule has 0 aromatic rings. The van der Waals surface area contributed by atoms with Crippen LogP contribution in [0.1, 0.15) is 99.8 Å². The fourth-order valence-corrected chi connectivity index (χ4v) is 3.41. The molecular weight excluding hydrogens is 370 g/mol. The fraction of sp³-hybridized carbons (Fsp3) is 0.870. The van der Waals surface area contributed by atoms with Gasteiger partial charge in [0.15, 0.2) is 0 Å². The minimum absolute atomic E-state index is 0.0533. The number of rotatable bonds is 14. The van der Waals surface area contributed by atoms with Crippen LogP contribution in [-0.2, 0) is 19.1 Å². The summed E-state index contributed by atoms with van der Waals surface area (Å²) in [5, 5.41) is 12.5. The van der Waals surface area contributed by atoms with Crippen molar-refractivity contribution in [1.29, 1.82) is 0 Å². The highest BCUT2D eigenvalue weighted by Crippen LogP contribution is 2.24. The molecule has 0 spiro atoms. The molecule has 0 radical (unpaired) electrons. The lowest BCUT2D eigenvalue weighted by molar-refractivity contribution is -0.160. The van der Waals surface area contributed by atoms with Gasteiger partial charge in [0.1, 0.15) is 5.60 Å². The Morgan fingerprint density at radius 2 is 1.31 bits per heavy atom. The van der Waals surface area contributed by atoms with Gasteiger partial charge in [0.25, 0.3) is 0 Å². The molecule has 0 saturated heterocycles. The summed E-state index contributed by atoms with van der Waals surface area (Å²) in [6.45, 7) is 13.4. The number of hydrogen-bond acceptors (Lipinski definition) is 4. The van der Waals surface area contributed by atoms with Crippen molar-refractivity contribution in [3.05, 3.63) is 0 Å². The molecule has 0 fully saturated rings. The van der Waals surface area contributed by atoms with Gasteiger partial charge in [0, 0.05) is 12.0 Å². The summed E-state index contributed by atoms with van der Waals surface area (Å²) >= 11 is 0. The average molecular weight is 414 g/mol. The number of ether oxygens (including phenoxy) is 1. The van der Waals surface area contributed by atoms with Crippen molar-refractivity contribution in [2.75, 3.05) is 0 Å². The zero-order valence-electron chi connectivity index (χ0n) is 19.5. The molecular formula is C23H43NO5. The highest BCUT2D eigenvalue weighted by Gasteiger charge is 2.25. The molecule has 0 bridgehead atoms. The van der Waals surface area contributed by atoms with Crippen LogP contribution in [0.25, 0.3) is 0 Å². The fourth-order valence-electron chi connectivity index (χ4n) is 3.41. The van der Waals surface area contributed by atoms with Crippen molar-refractivity contribution >= 4 is 17.8 Å². The highest BCUT2D eigenvalue weighted by molar-refractivity contribution is 5.78. The van der Waals surface area contributed by atoms with Crippen molar-refractivity contribution in [1.82, 2.24) is 5.32 Å². The van der Waals surface area contributed by atoms with Gasteiger partial charge in [-0.05, 0) is 73.1 Å². The molecule has 0 rings (SSSR count). The monoisotopic (exact) mass is 413 g/mol. The first-order chi connectivity index (χ1) is 13.4. The van der Waals surface area contributed by atoms with E-state index in [0.717, 1.165) is 6.42 Å². The summed E-state index contributed by atoms with van der Waals surface area (Å²) in [6.07, 6.45) is 5.29. The van der Waals surface area contributed by atoms with Crippen molar-refractivity contribution < 1.29 is 24.2 Å². The van der Waals surface area contributed by atoms with E-state index in [-0.39, 0.29) is 29.8 Å². The van der Waals surface area contributed by atoms with E-state index in [9.17, 15) is 19.5 Å². The van der Waals surface area contributed by atoms with E-state index in [0.29, 0.717) is 44.9 Å². The molecule has 0 aliphatic carbocycles. The van der Waals surface area contributed by atoms with Gasteiger partial charge in [0.05, 0.1) is 11.8 Å². The molecule has 0 aliphatic rings. The number of carboxylic acid groups (broad SMARTS) is 1. The van der Waals surface area contributed by atoms with Gasteiger partial charge in [0.2, 0.25) is 5.91 Å². The Morgan fingerprint density at radius 3 is 1.69 bits per heavy atom. The van der Waals surface area contributed by atoms with Crippen LogP contribution >= 0.6 is 0 Å². The quantitative estimate of drug-likeness (QED) is 0.393. The standard InChI is InChI=1S/C23H43NO5/c1-8-17(20(25)24-16(3)4)12-10-14-19(21(26)27)15-11-13-18(9-2)22(28)29-23(5,6)7/h16-19H,8-15H2,1-7H3,(H,24,25)(H,26,27). The lowest BCUT2D eigenvalue weighted by Crippen LogP contribution is -2.35. The first-order valence-corrected chi connectivity index (χ1v) is 11.2. The van der Waals surface area contributed by atoms with E-state index < -0.39 is 17.5 Å². The first-order valence-electron chi connectivity index (χ1n) is 11.2. The molecule has 1 amide bonds. The second-order valence-electron chi connectivity index (χ2n) is 9.30. The smallest absolute Gasteiger partial charge is 0.309 e. The van der Waals surface area contributed by atoms with Gasteiger partial charge in [-0.3, -0.25) is 14.4 Å². The van der Waals surface area contributed by atoms with E-state index in [4.69, 9.17) is 4.74 Å². The second kappa shape index (κ2) is 13.6. The lowest BCUT2D eigenvalue weighted by Gasteiger charge is -2.23. The number of nitrogens with one attached hydrogen (secondary N) is 1. The molecule has 170 valence electrons. The molecule has 6 heteroatoms. The number of esters is 1. The first kappa shape index (κ1) is 27.4. The predicted molar refractivity (Wildman–Crippen MR) is 116 cm³/mol. The van der Waals surface area contributed by atoms with Crippen molar-refractivity contribution in [3.63, 3.8) is 0 Å². The third-order valence-electron chi connectivity index (χ3n) is 5.09. The van der Waals surface area contributed by atoms with Crippen molar-refractivity contribution in [3.8, 4) is 0 Å². The van der Waals surface area contributed by atoms with Crippen LogP contribution in [-0.4, -0.2) is 34.6 Å². The molecule has 3 unspecified atom stereocenters. The maximum atomic E-state index is 12.2. The number of carboxylic acids is 1. The Hall–Kier alpha value is -1.59. The van der Waals surface area contributed by atoms with Crippen LogP contribution in [0.5, 0.6) is 0 Å². The number of aliphatic carboxylic acids is 1. The molecule has 0 saturated carbocycles. The molecule has 0 heterocycles. The molecule has 2 N–H and O–H groups in total. The summed E-state index contributed by atoms with van der Waals surface area (Å²) < 4.78 is 5.46. The Bertz CT molecular complexity index is 510. The van der Waals surface area contributed by atoms with Gasteiger partial charge >= 0.3 is 11.9 Å². The van der Waals surface area contributed by atoms with Gasteiger partial charge in [-0.15, -0.1) is 0 Å². The summed E-state index contributed by atoms with van der Waals surface area (Å²) in [5.74, 6) is -1.63. The van der Waals surface area contributed by atoms with Gasteiger partial charge in [-0.1, -0.05) is 26.7 Å². The molecule has 0 aromatic carbocycles. The average Bonchev–Trinajstić information content (AvgIpc) is 2.57. The third kappa shape index (κ3) is 12.6. The summed E-state index contributed by atoms with van der Waals surface area (Å²) in [4.78, 5) is 36.0. The highest BCUT2D eigenvalue weighted by atomic mass is 16.6. The predicted octanol–water partition coefficient (Wildman–Crippen LogP) is 4.95. The summed E-state index contributed by atoms with van der Waals surface area (Å²) in [6, 6.07) is 0.111. The van der Waals surface area contributed by atoms with Crippen LogP contribution in [0.15, 0.2) is 0 Å². The van der Waals surface area contributed by atoms with Crippen molar-refractivity contribution in [2.24, 2.45) is 17.8 Å². The zero-order chi connectivity index (χ0) is 22.6. The van der Waals surface area contributed by atoms with Gasteiger partial charge in [-0.2, -0.15) is 0 Å².